The fourth-order valence-corrected chi connectivity index (χ4v) is 4.21. The molecule has 0 aliphatic heterocycles. The highest BCUT2D eigenvalue weighted by atomic mass is 32.1. The lowest BCUT2D eigenvalue weighted by Gasteiger charge is -2.39. The van der Waals surface area contributed by atoms with Gasteiger partial charge in [-0.25, -0.2) is 4.79 Å². The van der Waals surface area contributed by atoms with Gasteiger partial charge in [-0.05, 0) is 85.3 Å². The third kappa shape index (κ3) is 10.0. The summed E-state index contributed by atoms with van der Waals surface area (Å²) in [7, 11) is 0. The van der Waals surface area contributed by atoms with E-state index in [4.69, 9.17) is 4.74 Å². The van der Waals surface area contributed by atoms with Gasteiger partial charge in [-0.15, -0.1) is 0 Å². The van der Waals surface area contributed by atoms with Crippen molar-refractivity contribution < 1.29 is 19.1 Å². The molecule has 1 rings (SSSR count). The van der Waals surface area contributed by atoms with Crippen LogP contribution in [0.5, 0.6) is 0 Å². The van der Waals surface area contributed by atoms with Crippen molar-refractivity contribution in [3.05, 3.63) is 34.9 Å². The van der Waals surface area contributed by atoms with Gasteiger partial charge >= 0.3 is 6.09 Å². The number of carbonyl (C=O) groups excluding carboxylic acids is 3. The number of ether oxygens (including phenoxy) is 1. The molecule has 3 amide bonds. The summed E-state index contributed by atoms with van der Waals surface area (Å²) < 4.78 is 5.39. The first-order chi connectivity index (χ1) is 16.6. The highest BCUT2D eigenvalue weighted by Gasteiger charge is 2.39. The Bertz CT molecular complexity index is 895. The first kappa shape index (κ1) is 31.8. The van der Waals surface area contributed by atoms with Gasteiger partial charge in [-0.1, -0.05) is 37.6 Å². The average molecular weight is 522 g/mol. The van der Waals surface area contributed by atoms with Crippen LogP contribution in [0.25, 0.3) is 0 Å². The molecule has 3 atom stereocenters. The van der Waals surface area contributed by atoms with Crippen molar-refractivity contribution in [3.8, 4) is 0 Å². The number of nitrogens with zero attached hydrogens (tertiary/aromatic N) is 1. The van der Waals surface area contributed by atoms with Crippen LogP contribution < -0.4 is 10.6 Å². The summed E-state index contributed by atoms with van der Waals surface area (Å²) in [6.07, 6.45) is 0.909. The summed E-state index contributed by atoms with van der Waals surface area (Å²) in [5.74, 6) is -0.110. The Hall–Kier alpha value is -2.22. The minimum Gasteiger partial charge on any atom is -0.444 e. The van der Waals surface area contributed by atoms with Crippen molar-refractivity contribution in [2.75, 3.05) is 5.75 Å². The zero-order chi connectivity index (χ0) is 27.8. The van der Waals surface area contributed by atoms with Gasteiger partial charge in [0.25, 0.3) is 0 Å². The zero-order valence-electron chi connectivity index (χ0n) is 23.8. The van der Waals surface area contributed by atoms with E-state index < -0.39 is 23.8 Å². The van der Waals surface area contributed by atoms with Crippen molar-refractivity contribution in [2.45, 2.75) is 112 Å². The minimum absolute atomic E-state index is 0.0663. The molecule has 0 aromatic heterocycles. The number of alkyl carbamates (subject to hydrolysis) is 1. The number of rotatable bonds is 11. The van der Waals surface area contributed by atoms with E-state index >= 15 is 0 Å². The van der Waals surface area contributed by atoms with E-state index in [1.165, 1.54) is 0 Å². The smallest absolute Gasteiger partial charge is 0.408 e. The van der Waals surface area contributed by atoms with E-state index in [9.17, 15) is 14.4 Å². The topological polar surface area (TPSA) is 87.7 Å². The standard InChI is InChI=1S/C28H47N3O4S/c1-17(2)11-14-21(7)31(26(33)23(16-36)30-27(34)35-28(8,9)10)24(25(32)29-18(3)4)22-15-19(5)12-13-20(22)6/h12-13,15,17-18,21,23-24,36H,11,14,16H2,1-10H3,(H,29,32)(H,30,34). The molecule has 0 heterocycles. The number of amides is 3. The van der Waals surface area contributed by atoms with Gasteiger partial charge in [0.15, 0.2) is 0 Å². The van der Waals surface area contributed by atoms with Crippen molar-refractivity contribution in [2.24, 2.45) is 5.92 Å². The quantitative estimate of drug-likeness (QED) is 0.343. The third-order valence-corrected chi connectivity index (χ3v) is 6.11. The van der Waals surface area contributed by atoms with E-state index in [0.717, 1.165) is 23.1 Å². The van der Waals surface area contributed by atoms with Gasteiger partial charge in [0.05, 0.1) is 0 Å². The second-order valence-electron chi connectivity index (χ2n) is 11.4. The molecule has 0 spiro atoms. The van der Waals surface area contributed by atoms with Crippen LogP contribution in [-0.2, 0) is 14.3 Å². The summed E-state index contributed by atoms with van der Waals surface area (Å²) in [4.78, 5) is 42.0. The molecule has 0 aliphatic rings. The molecule has 0 bridgehead atoms. The highest BCUT2D eigenvalue weighted by molar-refractivity contribution is 7.80. The lowest BCUT2D eigenvalue weighted by Crippen LogP contribution is -2.56. The Morgan fingerprint density at radius 1 is 1.00 bits per heavy atom. The maximum Gasteiger partial charge on any atom is 0.408 e. The fourth-order valence-electron chi connectivity index (χ4n) is 3.96. The Morgan fingerprint density at radius 2 is 1.61 bits per heavy atom. The molecule has 0 saturated heterocycles. The van der Waals surface area contributed by atoms with Gasteiger partial charge in [-0.3, -0.25) is 9.59 Å². The predicted octanol–water partition coefficient (Wildman–Crippen LogP) is 5.35. The molecule has 0 radical (unpaired) electrons. The van der Waals surface area contributed by atoms with Crippen LogP contribution in [0.2, 0.25) is 0 Å². The van der Waals surface area contributed by atoms with E-state index in [2.05, 4.69) is 37.1 Å². The van der Waals surface area contributed by atoms with Crippen molar-refractivity contribution >= 4 is 30.5 Å². The molecular formula is C28H47N3O4S. The van der Waals surface area contributed by atoms with E-state index in [1.807, 2.05) is 52.8 Å². The number of benzene rings is 1. The maximum absolute atomic E-state index is 14.1. The van der Waals surface area contributed by atoms with Crippen molar-refractivity contribution in [1.82, 2.24) is 15.5 Å². The molecule has 3 unspecified atom stereocenters. The van der Waals surface area contributed by atoms with Crippen LogP contribution in [0, 0.1) is 19.8 Å². The zero-order valence-corrected chi connectivity index (χ0v) is 24.7. The Morgan fingerprint density at radius 3 is 2.11 bits per heavy atom. The second-order valence-corrected chi connectivity index (χ2v) is 11.7. The van der Waals surface area contributed by atoms with Crippen LogP contribution in [0.3, 0.4) is 0 Å². The first-order valence-corrected chi connectivity index (χ1v) is 13.5. The normalized spacial score (nSPS) is 14.2. The summed E-state index contributed by atoms with van der Waals surface area (Å²) in [6, 6.07) is 3.75. The average Bonchev–Trinajstić information content (AvgIpc) is 2.73. The largest absolute Gasteiger partial charge is 0.444 e. The maximum atomic E-state index is 14.1. The van der Waals surface area contributed by atoms with Crippen LogP contribution in [0.15, 0.2) is 18.2 Å². The number of thiol groups is 1. The Labute approximate surface area is 223 Å². The van der Waals surface area contributed by atoms with Gasteiger partial charge < -0.3 is 20.3 Å². The molecule has 36 heavy (non-hydrogen) atoms. The van der Waals surface area contributed by atoms with Crippen LogP contribution in [-0.4, -0.2) is 52.3 Å². The Balaban J connectivity index is 3.59. The second kappa shape index (κ2) is 13.9. The van der Waals surface area contributed by atoms with Crippen molar-refractivity contribution in [1.29, 1.82) is 0 Å². The third-order valence-electron chi connectivity index (χ3n) is 5.75. The van der Waals surface area contributed by atoms with Crippen molar-refractivity contribution in [3.63, 3.8) is 0 Å². The van der Waals surface area contributed by atoms with Crippen LogP contribution in [0.4, 0.5) is 4.79 Å². The molecule has 0 saturated carbocycles. The molecule has 1 aromatic carbocycles. The summed E-state index contributed by atoms with van der Waals surface area (Å²) >= 11 is 4.37. The van der Waals surface area contributed by atoms with Gasteiger partial charge in [0, 0.05) is 17.8 Å². The molecule has 1 aromatic rings. The lowest BCUT2D eigenvalue weighted by molar-refractivity contribution is -0.145. The molecular weight excluding hydrogens is 474 g/mol. The molecule has 2 N–H and O–H groups in total. The van der Waals surface area contributed by atoms with E-state index in [1.54, 1.807) is 25.7 Å². The molecule has 204 valence electrons. The lowest BCUT2D eigenvalue weighted by atomic mass is 9.93. The number of hydrogen-bond donors (Lipinski definition) is 3. The van der Waals surface area contributed by atoms with Crippen LogP contribution >= 0.6 is 12.6 Å². The number of aryl methyl sites for hydroxylation is 2. The number of carbonyl (C=O) groups is 3. The fraction of sp³-hybridized carbons (Fsp3) is 0.679. The summed E-state index contributed by atoms with van der Waals surface area (Å²) in [5, 5.41) is 5.68. The first-order valence-electron chi connectivity index (χ1n) is 12.9. The molecule has 0 aliphatic carbocycles. The number of hydrogen-bond acceptors (Lipinski definition) is 5. The van der Waals surface area contributed by atoms with Gasteiger partial charge in [0.1, 0.15) is 17.7 Å². The summed E-state index contributed by atoms with van der Waals surface area (Å²) in [5.41, 5.74) is 1.98. The van der Waals surface area contributed by atoms with Gasteiger partial charge in [-0.2, -0.15) is 12.6 Å². The predicted molar refractivity (Wildman–Crippen MR) is 149 cm³/mol. The summed E-state index contributed by atoms with van der Waals surface area (Å²) in [6.45, 7) is 19.2. The molecule has 0 fully saturated rings. The monoisotopic (exact) mass is 521 g/mol. The molecule has 7 nitrogen and oxygen atoms in total. The van der Waals surface area contributed by atoms with Gasteiger partial charge in [0.2, 0.25) is 11.8 Å². The van der Waals surface area contributed by atoms with Crippen LogP contribution in [0.1, 0.15) is 91.0 Å². The van der Waals surface area contributed by atoms with E-state index in [0.29, 0.717) is 12.3 Å². The highest BCUT2D eigenvalue weighted by Crippen LogP contribution is 2.30. The molecule has 8 heteroatoms. The minimum atomic E-state index is -0.954. The van der Waals surface area contributed by atoms with E-state index in [-0.39, 0.29) is 29.7 Å². The SMILES string of the molecule is Cc1ccc(C)c(C(C(=O)NC(C)C)N(C(=O)C(CS)NC(=O)OC(C)(C)C)C(C)CCC(C)C)c1. The number of nitrogens with one attached hydrogen (secondary N) is 2. The Kier molecular flexibility index (Phi) is 12.3.